The van der Waals surface area contributed by atoms with Gasteiger partial charge in [-0.15, -0.1) is 0 Å². The van der Waals surface area contributed by atoms with Crippen LogP contribution in [0.1, 0.15) is 49.2 Å². The second-order valence-electron chi connectivity index (χ2n) is 8.27. The topological polar surface area (TPSA) is 49.9 Å². The summed E-state index contributed by atoms with van der Waals surface area (Å²) >= 11 is 0. The zero-order chi connectivity index (χ0) is 23.6. The zero-order valence-corrected chi connectivity index (χ0v) is 18.5. The first-order valence-electron chi connectivity index (χ1n) is 9.67. The number of alkyl halides is 3. The van der Waals surface area contributed by atoms with E-state index in [0.29, 0.717) is 17.0 Å². The number of carbonyl (C=O) groups is 2. The normalized spacial score (nSPS) is 11.8. The number of hydrogen-bond donors (Lipinski definition) is 0. The molecule has 0 heterocycles. The molecule has 2 amide bonds. The van der Waals surface area contributed by atoms with Gasteiger partial charge in [0.25, 0.3) is 5.91 Å². The number of halogens is 3. The van der Waals surface area contributed by atoms with Gasteiger partial charge in [0.1, 0.15) is 12.4 Å². The summed E-state index contributed by atoms with van der Waals surface area (Å²) in [5.74, 6) is -0.177. The van der Waals surface area contributed by atoms with Gasteiger partial charge in [0.05, 0.1) is 5.56 Å². The van der Waals surface area contributed by atoms with Crippen molar-refractivity contribution in [2.75, 3.05) is 19.0 Å². The van der Waals surface area contributed by atoms with Gasteiger partial charge in [0.2, 0.25) is 5.91 Å². The Balaban J connectivity index is 2.31. The largest absolute Gasteiger partial charge is 0.489 e. The van der Waals surface area contributed by atoms with E-state index in [4.69, 9.17) is 4.74 Å². The molecule has 2 rings (SSSR count). The predicted molar refractivity (Wildman–Crippen MR) is 113 cm³/mol. The molecule has 0 unspecified atom stereocenters. The van der Waals surface area contributed by atoms with Crippen LogP contribution < -0.4 is 9.64 Å². The Bertz CT molecular complexity index is 948. The number of nitrogens with zero attached hydrogens (tertiary/aromatic N) is 2. The first-order valence-corrected chi connectivity index (χ1v) is 9.67. The van der Waals surface area contributed by atoms with E-state index >= 15 is 0 Å². The fraction of sp³-hybridized carbons (Fsp3) is 0.391. The van der Waals surface area contributed by atoms with Gasteiger partial charge in [0.15, 0.2) is 0 Å². The number of benzene rings is 2. The summed E-state index contributed by atoms with van der Waals surface area (Å²) in [6, 6.07) is 9.78. The standard InChI is InChI=1S/C23H27F3N2O3/c1-15(29)27(5)18-9-11-19(12-10-18)31-14-16-7-8-17(23(24,25)26)13-20(16)21(30)28(6)22(2,3)4/h7-13H,14H2,1-6H3. The molecular formula is C23H27F3N2O3. The molecule has 0 bridgehead atoms. The molecule has 0 atom stereocenters. The van der Waals surface area contributed by atoms with Crippen molar-refractivity contribution in [3.63, 3.8) is 0 Å². The Morgan fingerprint density at radius 3 is 2.03 bits per heavy atom. The fourth-order valence-electron chi connectivity index (χ4n) is 2.67. The van der Waals surface area contributed by atoms with Gasteiger partial charge in [-0.2, -0.15) is 13.2 Å². The molecule has 0 saturated heterocycles. The van der Waals surface area contributed by atoms with Crippen LogP contribution in [0.25, 0.3) is 0 Å². The van der Waals surface area contributed by atoms with E-state index in [0.717, 1.165) is 12.1 Å². The van der Waals surface area contributed by atoms with E-state index in [1.165, 1.54) is 22.8 Å². The molecule has 0 spiro atoms. The van der Waals surface area contributed by atoms with Crippen molar-refractivity contribution in [2.45, 2.75) is 46.0 Å². The molecule has 2 aromatic rings. The van der Waals surface area contributed by atoms with Crippen molar-refractivity contribution in [3.8, 4) is 5.75 Å². The van der Waals surface area contributed by atoms with Crippen LogP contribution in [-0.2, 0) is 17.6 Å². The van der Waals surface area contributed by atoms with E-state index in [9.17, 15) is 22.8 Å². The highest BCUT2D eigenvalue weighted by Gasteiger charge is 2.33. The minimum Gasteiger partial charge on any atom is -0.489 e. The van der Waals surface area contributed by atoms with Gasteiger partial charge >= 0.3 is 6.18 Å². The summed E-state index contributed by atoms with van der Waals surface area (Å²) in [7, 11) is 3.20. The molecule has 0 aromatic heterocycles. The average Bonchev–Trinajstić information content (AvgIpc) is 2.69. The van der Waals surface area contributed by atoms with Crippen LogP contribution in [0.15, 0.2) is 42.5 Å². The summed E-state index contributed by atoms with van der Waals surface area (Å²) in [5, 5.41) is 0. The highest BCUT2D eigenvalue weighted by atomic mass is 19.4. The highest BCUT2D eigenvalue weighted by Crippen LogP contribution is 2.32. The monoisotopic (exact) mass is 436 g/mol. The van der Waals surface area contributed by atoms with E-state index in [1.807, 2.05) is 0 Å². The second kappa shape index (κ2) is 8.99. The van der Waals surface area contributed by atoms with Crippen molar-refractivity contribution in [1.82, 2.24) is 4.90 Å². The molecule has 0 aliphatic heterocycles. The van der Waals surface area contributed by atoms with Gasteiger partial charge in [-0.1, -0.05) is 6.07 Å². The first-order chi connectivity index (χ1) is 14.2. The molecule has 0 aliphatic carbocycles. The number of carbonyl (C=O) groups excluding carboxylic acids is 2. The summed E-state index contributed by atoms with van der Waals surface area (Å²) in [5.41, 5.74) is -0.489. The Labute approximate surface area is 180 Å². The van der Waals surface area contributed by atoms with E-state index in [-0.39, 0.29) is 18.1 Å². The zero-order valence-electron chi connectivity index (χ0n) is 18.5. The third kappa shape index (κ3) is 5.99. The summed E-state index contributed by atoms with van der Waals surface area (Å²) in [6.45, 7) is 6.76. The van der Waals surface area contributed by atoms with Crippen LogP contribution in [0.4, 0.5) is 18.9 Å². The summed E-state index contributed by atoms with van der Waals surface area (Å²) < 4.78 is 45.4. The van der Waals surface area contributed by atoms with Gasteiger partial charge in [-0.25, -0.2) is 0 Å². The number of ether oxygens (including phenoxy) is 1. The molecule has 0 radical (unpaired) electrons. The third-order valence-corrected chi connectivity index (χ3v) is 5.07. The molecule has 0 aliphatic rings. The van der Waals surface area contributed by atoms with Gasteiger partial charge in [0, 0.05) is 43.4 Å². The average molecular weight is 436 g/mol. The minimum atomic E-state index is -4.56. The maximum absolute atomic E-state index is 13.2. The Kier molecular flexibility index (Phi) is 7.03. The third-order valence-electron chi connectivity index (χ3n) is 5.07. The molecule has 2 aromatic carbocycles. The lowest BCUT2D eigenvalue weighted by Gasteiger charge is -2.32. The maximum Gasteiger partial charge on any atom is 0.416 e. The SMILES string of the molecule is CC(=O)N(C)c1ccc(OCc2ccc(C(F)(F)F)cc2C(=O)N(C)C(C)(C)C)cc1. The number of hydrogen-bond acceptors (Lipinski definition) is 3. The molecule has 5 nitrogen and oxygen atoms in total. The Morgan fingerprint density at radius 1 is 0.968 bits per heavy atom. The van der Waals surface area contributed by atoms with Crippen molar-refractivity contribution in [2.24, 2.45) is 0 Å². The maximum atomic E-state index is 13.2. The van der Waals surface area contributed by atoms with Gasteiger partial charge < -0.3 is 14.5 Å². The molecule has 8 heteroatoms. The molecular weight excluding hydrogens is 409 g/mol. The van der Waals surface area contributed by atoms with E-state index < -0.39 is 23.2 Å². The number of rotatable bonds is 5. The highest BCUT2D eigenvalue weighted by molar-refractivity contribution is 5.96. The smallest absolute Gasteiger partial charge is 0.416 e. The van der Waals surface area contributed by atoms with Crippen molar-refractivity contribution < 1.29 is 27.5 Å². The quantitative estimate of drug-likeness (QED) is 0.652. The predicted octanol–water partition coefficient (Wildman–Crippen LogP) is 5.14. The summed E-state index contributed by atoms with van der Waals surface area (Å²) in [4.78, 5) is 27.3. The van der Waals surface area contributed by atoms with Crippen LogP contribution in [0.3, 0.4) is 0 Å². The van der Waals surface area contributed by atoms with Crippen LogP contribution in [0.5, 0.6) is 5.75 Å². The van der Waals surface area contributed by atoms with Gasteiger partial charge in [-0.05, 0) is 57.2 Å². The van der Waals surface area contributed by atoms with Crippen molar-refractivity contribution >= 4 is 17.5 Å². The molecule has 0 saturated carbocycles. The van der Waals surface area contributed by atoms with Gasteiger partial charge in [-0.3, -0.25) is 9.59 Å². The van der Waals surface area contributed by atoms with E-state index in [1.54, 1.807) is 59.1 Å². The molecule has 31 heavy (non-hydrogen) atoms. The molecule has 168 valence electrons. The second-order valence-corrected chi connectivity index (χ2v) is 8.27. The van der Waals surface area contributed by atoms with Crippen LogP contribution in [0, 0.1) is 0 Å². The van der Waals surface area contributed by atoms with E-state index in [2.05, 4.69) is 0 Å². The lowest BCUT2D eigenvalue weighted by Crippen LogP contribution is -2.43. The first kappa shape index (κ1) is 24.2. The Hall–Kier alpha value is -3.03. The Morgan fingerprint density at radius 2 is 1.55 bits per heavy atom. The molecule has 0 N–H and O–H groups in total. The summed E-state index contributed by atoms with van der Waals surface area (Å²) in [6.07, 6.45) is -4.56. The van der Waals surface area contributed by atoms with Crippen molar-refractivity contribution in [3.05, 3.63) is 59.2 Å². The number of amides is 2. The molecule has 0 fully saturated rings. The lowest BCUT2D eigenvalue weighted by atomic mass is 10.00. The lowest BCUT2D eigenvalue weighted by molar-refractivity contribution is -0.137. The number of anilines is 1. The van der Waals surface area contributed by atoms with Crippen LogP contribution >= 0.6 is 0 Å². The fourth-order valence-corrected chi connectivity index (χ4v) is 2.67. The van der Waals surface area contributed by atoms with Crippen LogP contribution in [0.2, 0.25) is 0 Å². The van der Waals surface area contributed by atoms with Crippen molar-refractivity contribution in [1.29, 1.82) is 0 Å². The van der Waals surface area contributed by atoms with Crippen LogP contribution in [-0.4, -0.2) is 36.3 Å². The minimum absolute atomic E-state index is 0.0554.